The zero-order valence-electron chi connectivity index (χ0n) is 15.5. The largest absolute Gasteiger partial charge is 0.495 e. The van der Waals surface area contributed by atoms with Crippen molar-refractivity contribution < 1.29 is 9.66 Å². The van der Waals surface area contributed by atoms with Crippen LogP contribution in [0.4, 0.5) is 17.1 Å². The van der Waals surface area contributed by atoms with Crippen molar-refractivity contribution in [2.45, 2.75) is 0 Å². The summed E-state index contributed by atoms with van der Waals surface area (Å²) in [7, 11) is 1.51. The standard InChI is InChI=1S/C22H17N3O4/c1-29-19-14-8-6-12-17(19)23-20-16-11-5-7-13-18(16)24(15-9-3-2-4-10-15)22(26)21(20)25(27)28/h2-14,23H,1H3. The number of benzene rings is 3. The molecule has 4 rings (SSSR count). The lowest BCUT2D eigenvalue weighted by Crippen LogP contribution is -2.23. The second-order valence-electron chi connectivity index (χ2n) is 6.30. The Bertz CT molecular complexity index is 1270. The number of hydrogen-bond acceptors (Lipinski definition) is 5. The lowest BCUT2D eigenvalue weighted by Gasteiger charge is -2.16. The van der Waals surface area contributed by atoms with Crippen LogP contribution in [0.3, 0.4) is 0 Å². The Morgan fingerprint density at radius 2 is 1.59 bits per heavy atom. The first-order valence-electron chi connectivity index (χ1n) is 8.89. The predicted molar refractivity (Wildman–Crippen MR) is 112 cm³/mol. The number of aromatic nitrogens is 1. The Morgan fingerprint density at radius 1 is 0.931 bits per heavy atom. The Hall–Kier alpha value is -4.13. The predicted octanol–water partition coefficient (Wildman–Crippen LogP) is 4.65. The van der Waals surface area contributed by atoms with E-state index in [0.29, 0.717) is 28.0 Å². The number of nitro groups is 1. The van der Waals surface area contributed by atoms with Crippen LogP contribution in [-0.4, -0.2) is 16.6 Å². The van der Waals surface area contributed by atoms with Crippen LogP contribution in [0.1, 0.15) is 0 Å². The van der Waals surface area contributed by atoms with Crippen molar-refractivity contribution in [2.75, 3.05) is 12.4 Å². The molecule has 0 amide bonds. The van der Waals surface area contributed by atoms with E-state index < -0.39 is 16.2 Å². The van der Waals surface area contributed by atoms with E-state index in [1.54, 1.807) is 72.8 Å². The maximum absolute atomic E-state index is 13.2. The molecule has 7 heteroatoms. The highest BCUT2D eigenvalue weighted by Crippen LogP contribution is 2.36. The zero-order chi connectivity index (χ0) is 20.4. The Labute approximate surface area is 165 Å². The molecule has 1 heterocycles. The number of rotatable bonds is 5. The van der Waals surface area contributed by atoms with Gasteiger partial charge in [0.2, 0.25) is 0 Å². The molecule has 0 saturated heterocycles. The van der Waals surface area contributed by atoms with E-state index >= 15 is 0 Å². The molecule has 0 bridgehead atoms. The van der Waals surface area contributed by atoms with Crippen LogP contribution >= 0.6 is 0 Å². The minimum atomic E-state index is -0.711. The molecule has 0 atom stereocenters. The number of fused-ring (bicyclic) bond motifs is 1. The molecule has 144 valence electrons. The van der Waals surface area contributed by atoms with Crippen LogP contribution in [0.25, 0.3) is 16.6 Å². The molecule has 4 aromatic rings. The van der Waals surface area contributed by atoms with Gasteiger partial charge in [0.25, 0.3) is 0 Å². The molecule has 3 aromatic carbocycles. The van der Waals surface area contributed by atoms with Crippen LogP contribution in [-0.2, 0) is 0 Å². The van der Waals surface area contributed by atoms with Gasteiger partial charge in [-0.05, 0) is 30.3 Å². The number of methoxy groups -OCH3 is 1. The van der Waals surface area contributed by atoms with Crippen molar-refractivity contribution in [3.63, 3.8) is 0 Å². The summed E-state index contributed by atoms with van der Waals surface area (Å²) in [4.78, 5) is 24.5. The van der Waals surface area contributed by atoms with E-state index in [1.807, 2.05) is 6.07 Å². The highest BCUT2D eigenvalue weighted by Gasteiger charge is 2.27. The summed E-state index contributed by atoms with van der Waals surface area (Å²) in [5.41, 5.74) is 0.537. The molecule has 0 radical (unpaired) electrons. The van der Waals surface area contributed by atoms with Crippen molar-refractivity contribution in [2.24, 2.45) is 0 Å². The van der Waals surface area contributed by atoms with Crippen LogP contribution in [0.2, 0.25) is 0 Å². The summed E-state index contributed by atoms with van der Waals surface area (Å²) in [6.45, 7) is 0. The first-order valence-corrected chi connectivity index (χ1v) is 8.89. The van der Waals surface area contributed by atoms with Gasteiger partial charge < -0.3 is 10.1 Å². The summed E-state index contributed by atoms with van der Waals surface area (Å²) < 4.78 is 6.70. The molecule has 0 unspecified atom stereocenters. The van der Waals surface area contributed by atoms with Gasteiger partial charge in [-0.1, -0.05) is 48.5 Å². The summed E-state index contributed by atoms with van der Waals surface area (Å²) >= 11 is 0. The molecule has 0 saturated carbocycles. The van der Waals surface area contributed by atoms with E-state index in [2.05, 4.69) is 5.32 Å². The van der Waals surface area contributed by atoms with Crippen LogP contribution in [0.5, 0.6) is 5.75 Å². The monoisotopic (exact) mass is 387 g/mol. The number of nitrogens with zero attached hydrogens (tertiary/aromatic N) is 2. The van der Waals surface area contributed by atoms with Crippen LogP contribution in [0, 0.1) is 10.1 Å². The van der Waals surface area contributed by atoms with Crippen LogP contribution in [0.15, 0.2) is 83.7 Å². The topological polar surface area (TPSA) is 86.4 Å². The van der Waals surface area contributed by atoms with Gasteiger partial charge in [0.1, 0.15) is 11.4 Å². The van der Waals surface area contributed by atoms with E-state index in [9.17, 15) is 14.9 Å². The molecule has 0 aliphatic heterocycles. The molecule has 1 aromatic heterocycles. The third-order valence-corrected chi connectivity index (χ3v) is 4.62. The third kappa shape index (κ3) is 3.19. The summed E-state index contributed by atoms with van der Waals surface area (Å²) in [6, 6.07) is 23.0. The molecule has 0 fully saturated rings. The van der Waals surface area contributed by atoms with Crippen molar-refractivity contribution in [1.29, 1.82) is 0 Å². The van der Waals surface area contributed by atoms with Gasteiger partial charge in [-0.25, -0.2) is 0 Å². The maximum Gasteiger partial charge on any atom is 0.358 e. The Balaban J connectivity index is 2.07. The molecule has 0 aliphatic carbocycles. The SMILES string of the molecule is COc1ccccc1Nc1c([N+](=O)[O-])c(=O)n(-c2ccccc2)c2ccccc12. The highest BCUT2D eigenvalue weighted by molar-refractivity contribution is 5.99. The summed E-state index contributed by atoms with van der Waals surface area (Å²) in [5, 5.41) is 15.5. The Kier molecular flexibility index (Phi) is 4.70. The average molecular weight is 387 g/mol. The third-order valence-electron chi connectivity index (χ3n) is 4.62. The normalized spacial score (nSPS) is 10.7. The van der Waals surface area contributed by atoms with Crippen molar-refractivity contribution in [1.82, 2.24) is 4.57 Å². The summed E-state index contributed by atoms with van der Waals surface area (Å²) in [5.74, 6) is 0.512. The smallest absolute Gasteiger partial charge is 0.358 e. The van der Waals surface area contributed by atoms with E-state index in [1.165, 1.54) is 11.7 Å². The second-order valence-corrected chi connectivity index (χ2v) is 6.30. The molecule has 1 N–H and O–H groups in total. The van der Waals surface area contributed by atoms with Gasteiger partial charge in [0.15, 0.2) is 0 Å². The minimum absolute atomic E-state index is 0.132. The number of para-hydroxylation sites is 4. The van der Waals surface area contributed by atoms with Crippen molar-refractivity contribution in [3.8, 4) is 11.4 Å². The lowest BCUT2D eigenvalue weighted by molar-refractivity contribution is -0.385. The van der Waals surface area contributed by atoms with Gasteiger partial charge >= 0.3 is 11.2 Å². The van der Waals surface area contributed by atoms with E-state index in [0.717, 1.165) is 0 Å². The molecule has 0 spiro atoms. The molecule has 7 nitrogen and oxygen atoms in total. The van der Waals surface area contributed by atoms with Gasteiger partial charge in [-0.2, -0.15) is 0 Å². The quantitative estimate of drug-likeness (QED) is 0.398. The van der Waals surface area contributed by atoms with Crippen LogP contribution < -0.4 is 15.6 Å². The van der Waals surface area contributed by atoms with E-state index in [4.69, 9.17) is 4.74 Å². The fourth-order valence-corrected chi connectivity index (χ4v) is 3.34. The van der Waals surface area contributed by atoms with Gasteiger partial charge in [-0.3, -0.25) is 19.5 Å². The van der Waals surface area contributed by atoms with Crippen molar-refractivity contribution >= 4 is 28.0 Å². The Morgan fingerprint density at radius 3 is 2.31 bits per heavy atom. The lowest BCUT2D eigenvalue weighted by atomic mass is 10.1. The van der Waals surface area contributed by atoms with Crippen molar-refractivity contribution in [3.05, 3.63) is 99.3 Å². The molecular formula is C22H17N3O4. The molecule has 29 heavy (non-hydrogen) atoms. The highest BCUT2D eigenvalue weighted by atomic mass is 16.6. The molecule has 0 aliphatic rings. The zero-order valence-corrected chi connectivity index (χ0v) is 15.5. The summed E-state index contributed by atoms with van der Waals surface area (Å²) in [6.07, 6.45) is 0. The number of ether oxygens (including phenoxy) is 1. The van der Waals surface area contributed by atoms with Gasteiger partial charge in [0, 0.05) is 11.1 Å². The number of pyridine rings is 1. The fraction of sp³-hybridized carbons (Fsp3) is 0.0455. The first kappa shape index (κ1) is 18.2. The fourth-order valence-electron chi connectivity index (χ4n) is 3.34. The average Bonchev–Trinajstić information content (AvgIpc) is 2.74. The second kappa shape index (κ2) is 7.47. The minimum Gasteiger partial charge on any atom is -0.495 e. The maximum atomic E-state index is 13.2. The van der Waals surface area contributed by atoms with Gasteiger partial charge in [0.05, 0.1) is 23.2 Å². The number of hydrogen-bond donors (Lipinski definition) is 1. The van der Waals surface area contributed by atoms with E-state index in [-0.39, 0.29) is 5.69 Å². The van der Waals surface area contributed by atoms with Gasteiger partial charge in [-0.15, -0.1) is 0 Å². The molecular weight excluding hydrogens is 370 g/mol. The first-order chi connectivity index (χ1) is 14.1. The number of anilines is 2. The number of nitrogens with one attached hydrogen (secondary N) is 1.